The van der Waals surface area contributed by atoms with Crippen LogP contribution in [-0.2, 0) is 6.54 Å². The summed E-state index contributed by atoms with van der Waals surface area (Å²) in [6, 6.07) is 5.88. The lowest BCUT2D eigenvalue weighted by Crippen LogP contribution is -2.37. The summed E-state index contributed by atoms with van der Waals surface area (Å²) in [5.74, 6) is 1.27. The number of likely N-dealkylation sites (tertiary alicyclic amines) is 1. The summed E-state index contributed by atoms with van der Waals surface area (Å²) in [5, 5.41) is 0. The normalized spacial score (nSPS) is 19.6. The molecule has 0 N–H and O–H groups in total. The van der Waals surface area contributed by atoms with Crippen molar-refractivity contribution < 1.29 is 9.15 Å². The molecule has 0 amide bonds. The zero-order chi connectivity index (χ0) is 14.5. The van der Waals surface area contributed by atoms with E-state index in [1.807, 2.05) is 25.1 Å². The Morgan fingerprint density at radius 1 is 1.43 bits per heavy atom. The molecule has 1 atom stereocenters. The summed E-state index contributed by atoms with van der Waals surface area (Å²) in [4.78, 5) is 11.0. The van der Waals surface area contributed by atoms with Gasteiger partial charge in [0.1, 0.15) is 6.26 Å². The first-order valence-corrected chi connectivity index (χ1v) is 7.45. The Morgan fingerprint density at radius 2 is 2.38 bits per heavy atom. The Bertz CT molecular complexity index is 556. The minimum atomic E-state index is 0.549. The molecule has 0 spiro atoms. The summed E-state index contributed by atoms with van der Waals surface area (Å²) in [6.07, 6.45) is 5.62. The van der Waals surface area contributed by atoms with Gasteiger partial charge in [-0.05, 0) is 32.4 Å². The molecule has 1 aliphatic rings. The molecule has 3 heterocycles. The lowest BCUT2D eigenvalue weighted by molar-refractivity contribution is 0.122. The average molecular weight is 287 g/mol. The van der Waals surface area contributed by atoms with E-state index in [0.717, 1.165) is 43.5 Å². The SMILES string of the molecule is Cc1cccc(OCC2CCCN(Cc3cocn3)C2)n1. The maximum absolute atomic E-state index is 5.84. The van der Waals surface area contributed by atoms with Crippen LogP contribution >= 0.6 is 0 Å². The van der Waals surface area contributed by atoms with Gasteiger partial charge >= 0.3 is 0 Å². The zero-order valence-electron chi connectivity index (χ0n) is 12.4. The van der Waals surface area contributed by atoms with Gasteiger partial charge in [0.05, 0.1) is 12.3 Å². The van der Waals surface area contributed by atoms with E-state index in [2.05, 4.69) is 14.9 Å². The monoisotopic (exact) mass is 287 g/mol. The van der Waals surface area contributed by atoms with E-state index in [4.69, 9.17) is 9.15 Å². The number of hydrogen-bond donors (Lipinski definition) is 0. The van der Waals surface area contributed by atoms with Gasteiger partial charge in [-0.1, -0.05) is 6.07 Å². The fourth-order valence-corrected chi connectivity index (χ4v) is 2.78. The number of rotatable bonds is 5. The Kier molecular flexibility index (Phi) is 4.50. The van der Waals surface area contributed by atoms with Gasteiger partial charge < -0.3 is 9.15 Å². The highest BCUT2D eigenvalue weighted by Crippen LogP contribution is 2.19. The van der Waals surface area contributed by atoms with Crippen LogP contribution in [-0.4, -0.2) is 34.6 Å². The van der Waals surface area contributed by atoms with E-state index in [-0.39, 0.29) is 0 Å². The van der Waals surface area contributed by atoms with Crippen LogP contribution in [0.15, 0.2) is 35.3 Å². The van der Waals surface area contributed by atoms with E-state index in [0.29, 0.717) is 5.92 Å². The highest BCUT2D eigenvalue weighted by atomic mass is 16.5. The molecule has 112 valence electrons. The first-order valence-electron chi connectivity index (χ1n) is 7.45. The van der Waals surface area contributed by atoms with Crippen LogP contribution in [0.4, 0.5) is 0 Å². The van der Waals surface area contributed by atoms with Crippen LogP contribution in [0.25, 0.3) is 0 Å². The smallest absolute Gasteiger partial charge is 0.213 e. The van der Waals surface area contributed by atoms with Crippen molar-refractivity contribution in [2.45, 2.75) is 26.3 Å². The predicted molar refractivity (Wildman–Crippen MR) is 79.0 cm³/mol. The third-order valence-corrected chi connectivity index (χ3v) is 3.80. The molecule has 21 heavy (non-hydrogen) atoms. The largest absolute Gasteiger partial charge is 0.477 e. The molecule has 5 nitrogen and oxygen atoms in total. The van der Waals surface area contributed by atoms with Crippen LogP contribution in [0.5, 0.6) is 5.88 Å². The van der Waals surface area contributed by atoms with E-state index in [1.165, 1.54) is 19.2 Å². The molecule has 0 saturated carbocycles. The summed E-state index contributed by atoms with van der Waals surface area (Å²) >= 11 is 0. The number of hydrogen-bond acceptors (Lipinski definition) is 5. The maximum atomic E-state index is 5.84. The van der Waals surface area contributed by atoms with E-state index < -0.39 is 0 Å². The minimum Gasteiger partial charge on any atom is -0.477 e. The highest BCUT2D eigenvalue weighted by molar-refractivity contribution is 5.14. The van der Waals surface area contributed by atoms with Gasteiger partial charge in [0.15, 0.2) is 6.39 Å². The van der Waals surface area contributed by atoms with Crippen molar-refractivity contribution in [3.05, 3.63) is 42.2 Å². The fourth-order valence-electron chi connectivity index (χ4n) is 2.78. The third-order valence-electron chi connectivity index (χ3n) is 3.80. The van der Waals surface area contributed by atoms with Gasteiger partial charge in [-0.25, -0.2) is 9.97 Å². The second kappa shape index (κ2) is 6.72. The Labute approximate surface area is 125 Å². The molecule has 3 rings (SSSR count). The maximum Gasteiger partial charge on any atom is 0.213 e. The van der Waals surface area contributed by atoms with Crippen LogP contribution in [0.2, 0.25) is 0 Å². The molecule has 1 fully saturated rings. The summed E-state index contributed by atoms with van der Waals surface area (Å²) in [6.45, 7) is 5.72. The molecule has 5 heteroatoms. The molecular formula is C16H21N3O2. The average Bonchev–Trinajstić information content (AvgIpc) is 2.99. The van der Waals surface area contributed by atoms with Gasteiger partial charge in [0.2, 0.25) is 5.88 Å². The number of pyridine rings is 1. The van der Waals surface area contributed by atoms with Gasteiger partial charge in [-0.3, -0.25) is 4.90 Å². The van der Waals surface area contributed by atoms with E-state index >= 15 is 0 Å². The van der Waals surface area contributed by atoms with Gasteiger partial charge in [-0.2, -0.15) is 0 Å². The molecule has 0 aliphatic carbocycles. The van der Waals surface area contributed by atoms with Gasteiger partial charge in [0, 0.05) is 30.8 Å². The quantitative estimate of drug-likeness (QED) is 0.846. The number of piperidine rings is 1. The second-order valence-corrected chi connectivity index (χ2v) is 5.65. The van der Waals surface area contributed by atoms with Crippen molar-refractivity contribution >= 4 is 0 Å². The van der Waals surface area contributed by atoms with Crippen molar-refractivity contribution in [3.63, 3.8) is 0 Å². The number of oxazole rings is 1. The molecular weight excluding hydrogens is 266 g/mol. The Hall–Kier alpha value is -1.88. The molecule has 1 aliphatic heterocycles. The molecule has 0 aromatic carbocycles. The van der Waals surface area contributed by atoms with Crippen LogP contribution in [0.1, 0.15) is 24.2 Å². The van der Waals surface area contributed by atoms with E-state index in [9.17, 15) is 0 Å². The lowest BCUT2D eigenvalue weighted by Gasteiger charge is -2.31. The standard InChI is InChI=1S/C16H21N3O2/c1-13-4-2-6-16(18-13)21-10-14-5-3-7-19(8-14)9-15-11-20-12-17-15/h2,4,6,11-12,14H,3,5,7-10H2,1H3. The van der Waals surface area contributed by atoms with Crippen molar-refractivity contribution in [2.75, 3.05) is 19.7 Å². The predicted octanol–water partition coefficient (Wildman–Crippen LogP) is 2.67. The van der Waals surface area contributed by atoms with E-state index in [1.54, 1.807) is 6.26 Å². The van der Waals surface area contributed by atoms with Crippen molar-refractivity contribution in [1.29, 1.82) is 0 Å². The molecule has 1 saturated heterocycles. The topological polar surface area (TPSA) is 51.4 Å². The zero-order valence-corrected chi connectivity index (χ0v) is 12.4. The summed E-state index contributed by atoms with van der Waals surface area (Å²) in [7, 11) is 0. The highest BCUT2D eigenvalue weighted by Gasteiger charge is 2.21. The van der Waals surface area contributed by atoms with Crippen molar-refractivity contribution in [2.24, 2.45) is 5.92 Å². The fraction of sp³-hybridized carbons (Fsp3) is 0.500. The van der Waals surface area contributed by atoms with Crippen molar-refractivity contribution in [3.8, 4) is 5.88 Å². The summed E-state index contributed by atoms with van der Waals surface area (Å²) < 4.78 is 10.9. The molecule has 0 radical (unpaired) electrons. The van der Waals surface area contributed by atoms with Crippen LogP contribution in [0, 0.1) is 12.8 Å². The number of aryl methyl sites for hydroxylation is 1. The molecule has 0 bridgehead atoms. The first kappa shape index (κ1) is 14.1. The van der Waals surface area contributed by atoms with Crippen LogP contribution < -0.4 is 4.74 Å². The third kappa shape index (κ3) is 4.04. The first-order chi connectivity index (χ1) is 10.3. The van der Waals surface area contributed by atoms with Crippen LogP contribution in [0.3, 0.4) is 0 Å². The molecule has 1 unspecified atom stereocenters. The number of nitrogens with zero attached hydrogens (tertiary/aromatic N) is 3. The van der Waals surface area contributed by atoms with Gasteiger partial charge in [-0.15, -0.1) is 0 Å². The number of aromatic nitrogens is 2. The number of ether oxygens (including phenoxy) is 1. The van der Waals surface area contributed by atoms with Crippen molar-refractivity contribution in [1.82, 2.24) is 14.9 Å². The van der Waals surface area contributed by atoms with Gasteiger partial charge in [0.25, 0.3) is 0 Å². The minimum absolute atomic E-state index is 0.549. The Balaban J connectivity index is 1.49. The summed E-state index contributed by atoms with van der Waals surface area (Å²) in [5.41, 5.74) is 1.99. The Morgan fingerprint density at radius 3 is 3.19 bits per heavy atom. The second-order valence-electron chi connectivity index (χ2n) is 5.65. The molecule has 2 aromatic rings. The lowest BCUT2D eigenvalue weighted by atomic mass is 9.99. The molecule has 2 aromatic heterocycles.